The van der Waals surface area contributed by atoms with E-state index in [2.05, 4.69) is 22.2 Å². The first-order valence-corrected chi connectivity index (χ1v) is 12.4. The number of nitrogens with zero attached hydrogens (tertiary/aromatic N) is 3. The van der Waals surface area contributed by atoms with Crippen molar-refractivity contribution in [3.05, 3.63) is 64.1 Å². The van der Waals surface area contributed by atoms with E-state index in [0.29, 0.717) is 40.2 Å². The maximum absolute atomic E-state index is 13.8. The summed E-state index contributed by atoms with van der Waals surface area (Å²) in [6, 6.07) is 11.9. The third-order valence-corrected chi connectivity index (χ3v) is 7.30. The van der Waals surface area contributed by atoms with E-state index in [1.807, 2.05) is 41.5 Å². The van der Waals surface area contributed by atoms with Gasteiger partial charge in [-0.2, -0.15) is 4.98 Å². The second-order valence-corrected chi connectivity index (χ2v) is 9.91. The van der Waals surface area contributed by atoms with Crippen molar-refractivity contribution in [1.29, 1.82) is 0 Å². The van der Waals surface area contributed by atoms with Crippen LogP contribution in [0, 0.1) is 12.8 Å². The van der Waals surface area contributed by atoms with E-state index in [4.69, 9.17) is 16.0 Å². The number of carbonyl (C=O) groups excluding carboxylic acids is 1. The average molecular weight is 481 g/mol. The van der Waals surface area contributed by atoms with E-state index in [1.54, 1.807) is 29.7 Å². The molecular formula is C25H25ClN4O2S. The summed E-state index contributed by atoms with van der Waals surface area (Å²) < 4.78 is 5.82. The highest BCUT2D eigenvalue weighted by atomic mass is 35.5. The molecule has 33 heavy (non-hydrogen) atoms. The number of oxazole rings is 1. The van der Waals surface area contributed by atoms with Gasteiger partial charge in [0.25, 0.3) is 11.9 Å². The molecular weight excluding hydrogens is 456 g/mol. The molecule has 2 unspecified atom stereocenters. The van der Waals surface area contributed by atoms with Gasteiger partial charge in [-0.05, 0) is 49.9 Å². The summed E-state index contributed by atoms with van der Waals surface area (Å²) in [4.78, 5) is 24.8. The molecule has 0 spiro atoms. The van der Waals surface area contributed by atoms with Crippen molar-refractivity contribution in [1.82, 2.24) is 14.9 Å². The zero-order chi connectivity index (χ0) is 22.9. The molecule has 1 fully saturated rings. The molecule has 1 saturated heterocycles. The molecule has 5 rings (SSSR count). The number of hydrogen-bond donors (Lipinski definition) is 1. The normalized spacial score (nSPS) is 18.6. The molecule has 0 bridgehead atoms. The first-order chi connectivity index (χ1) is 16.0. The second-order valence-electron chi connectivity index (χ2n) is 8.58. The molecule has 3 heterocycles. The molecule has 2 aromatic carbocycles. The molecule has 6 nitrogen and oxygen atoms in total. The fraction of sp³-hybridized carbons (Fsp3) is 0.320. The number of thiazole rings is 1. The number of nitrogens with one attached hydrogen (secondary N) is 1. The number of aryl methyl sites for hydroxylation is 1. The largest absolute Gasteiger partial charge is 0.424 e. The Morgan fingerprint density at radius 1 is 1.30 bits per heavy atom. The van der Waals surface area contributed by atoms with Crippen molar-refractivity contribution in [2.45, 2.75) is 32.7 Å². The Hall–Kier alpha value is -2.90. The number of rotatable bonds is 5. The molecule has 1 aliphatic rings. The van der Waals surface area contributed by atoms with Crippen LogP contribution in [-0.2, 0) is 0 Å². The van der Waals surface area contributed by atoms with Gasteiger partial charge in [0.05, 0.1) is 11.6 Å². The van der Waals surface area contributed by atoms with Crippen LogP contribution in [-0.4, -0.2) is 39.9 Å². The Morgan fingerprint density at radius 3 is 3.00 bits per heavy atom. The maximum Gasteiger partial charge on any atom is 0.295 e. The minimum Gasteiger partial charge on any atom is -0.424 e. The topological polar surface area (TPSA) is 71.3 Å². The lowest BCUT2D eigenvalue weighted by Crippen LogP contribution is -2.51. The van der Waals surface area contributed by atoms with Gasteiger partial charge in [-0.3, -0.25) is 4.79 Å². The predicted octanol–water partition coefficient (Wildman–Crippen LogP) is 6.27. The highest BCUT2D eigenvalue weighted by Gasteiger charge is 2.33. The number of fused-ring (bicyclic) bond motifs is 1. The van der Waals surface area contributed by atoms with E-state index in [-0.39, 0.29) is 11.9 Å². The van der Waals surface area contributed by atoms with Crippen LogP contribution in [0.3, 0.4) is 0 Å². The first-order valence-electron chi connectivity index (χ1n) is 11.1. The first kappa shape index (κ1) is 21.9. The third kappa shape index (κ3) is 4.48. The Balaban J connectivity index is 1.40. The fourth-order valence-electron chi connectivity index (χ4n) is 4.51. The zero-order valence-electron chi connectivity index (χ0n) is 18.5. The van der Waals surface area contributed by atoms with E-state index in [1.165, 1.54) is 0 Å². The summed E-state index contributed by atoms with van der Waals surface area (Å²) in [5.41, 5.74) is 4.05. The quantitative estimate of drug-likeness (QED) is 0.364. The molecule has 0 saturated carbocycles. The lowest BCUT2D eigenvalue weighted by Gasteiger charge is -2.40. The van der Waals surface area contributed by atoms with Gasteiger partial charge in [0, 0.05) is 35.3 Å². The van der Waals surface area contributed by atoms with Crippen molar-refractivity contribution in [2.24, 2.45) is 5.92 Å². The smallest absolute Gasteiger partial charge is 0.295 e. The van der Waals surface area contributed by atoms with E-state index in [0.717, 1.165) is 35.5 Å². The zero-order valence-corrected chi connectivity index (χ0v) is 20.1. The van der Waals surface area contributed by atoms with E-state index >= 15 is 0 Å². The van der Waals surface area contributed by atoms with Crippen LogP contribution in [0.1, 0.15) is 35.7 Å². The summed E-state index contributed by atoms with van der Waals surface area (Å²) in [6.45, 7) is 5.51. The molecule has 170 valence electrons. The van der Waals surface area contributed by atoms with Crippen molar-refractivity contribution in [3.63, 3.8) is 0 Å². The summed E-state index contributed by atoms with van der Waals surface area (Å²) in [6.07, 6.45) is 3.84. The van der Waals surface area contributed by atoms with Crippen LogP contribution < -0.4 is 5.32 Å². The van der Waals surface area contributed by atoms with Gasteiger partial charge in [0.15, 0.2) is 5.58 Å². The lowest BCUT2D eigenvalue weighted by atomic mass is 9.89. The SMILES string of the molecule is Cc1ccc(-c2nccs2)c(C(=O)N2CCCC(C)C2CNc2nc3cc(Cl)ccc3o2)c1. The van der Waals surface area contributed by atoms with Gasteiger partial charge in [-0.25, -0.2) is 4.98 Å². The van der Waals surface area contributed by atoms with Gasteiger partial charge in [0.2, 0.25) is 0 Å². The van der Waals surface area contributed by atoms with Gasteiger partial charge in [0.1, 0.15) is 10.5 Å². The molecule has 0 radical (unpaired) electrons. The summed E-state index contributed by atoms with van der Waals surface area (Å²) >= 11 is 7.62. The van der Waals surface area contributed by atoms with Gasteiger partial charge in [-0.1, -0.05) is 36.2 Å². The lowest BCUT2D eigenvalue weighted by molar-refractivity contribution is 0.0540. The number of carbonyl (C=O) groups is 1. The number of benzene rings is 2. The molecule has 0 aliphatic carbocycles. The summed E-state index contributed by atoms with van der Waals surface area (Å²) in [7, 11) is 0. The maximum atomic E-state index is 13.8. The van der Waals surface area contributed by atoms with Crippen molar-refractivity contribution in [3.8, 4) is 10.6 Å². The number of likely N-dealkylation sites (tertiary alicyclic amines) is 1. The van der Waals surface area contributed by atoms with Gasteiger partial charge >= 0.3 is 0 Å². The molecule has 2 atom stereocenters. The molecule has 4 aromatic rings. The van der Waals surface area contributed by atoms with E-state index in [9.17, 15) is 4.79 Å². The molecule has 8 heteroatoms. The Kier molecular flexibility index (Phi) is 6.08. The van der Waals surface area contributed by atoms with Crippen LogP contribution in [0.5, 0.6) is 0 Å². The fourth-order valence-corrected chi connectivity index (χ4v) is 5.36. The van der Waals surface area contributed by atoms with Crippen LogP contribution in [0.25, 0.3) is 21.7 Å². The third-order valence-electron chi connectivity index (χ3n) is 6.26. The van der Waals surface area contributed by atoms with Crippen molar-refractivity contribution in [2.75, 3.05) is 18.4 Å². The Morgan fingerprint density at radius 2 is 2.18 bits per heavy atom. The number of hydrogen-bond acceptors (Lipinski definition) is 6. The summed E-state index contributed by atoms with van der Waals surface area (Å²) in [5, 5.41) is 6.74. The van der Waals surface area contributed by atoms with Crippen LogP contribution in [0.4, 0.5) is 6.01 Å². The van der Waals surface area contributed by atoms with Crippen molar-refractivity contribution < 1.29 is 9.21 Å². The monoisotopic (exact) mass is 480 g/mol. The number of anilines is 1. The molecule has 2 aromatic heterocycles. The van der Waals surface area contributed by atoms with E-state index < -0.39 is 0 Å². The molecule has 1 amide bonds. The van der Waals surface area contributed by atoms with Crippen LogP contribution in [0.2, 0.25) is 5.02 Å². The Bertz CT molecular complexity index is 1290. The number of halogens is 1. The summed E-state index contributed by atoms with van der Waals surface area (Å²) in [5.74, 6) is 0.397. The van der Waals surface area contributed by atoms with Crippen molar-refractivity contribution >= 4 is 46.0 Å². The standard InChI is InChI=1S/C25H25ClN4O2S/c1-15-5-7-18(23-27-9-11-33-23)19(12-15)24(31)30-10-3-4-16(2)21(30)14-28-25-29-20-13-17(26)6-8-22(20)32-25/h5-9,11-13,16,21H,3-4,10,14H2,1-2H3,(H,28,29). The van der Waals surface area contributed by atoms with Crippen LogP contribution >= 0.6 is 22.9 Å². The highest BCUT2D eigenvalue weighted by molar-refractivity contribution is 7.13. The minimum absolute atomic E-state index is 0.0227. The number of aromatic nitrogens is 2. The average Bonchev–Trinajstić information content (AvgIpc) is 3.47. The Labute approximate surface area is 201 Å². The number of amides is 1. The predicted molar refractivity (Wildman–Crippen MR) is 133 cm³/mol. The van der Waals surface area contributed by atoms with Gasteiger partial charge < -0.3 is 14.6 Å². The number of piperidine rings is 1. The van der Waals surface area contributed by atoms with Gasteiger partial charge in [-0.15, -0.1) is 11.3 Å². The molecule has 1 aliphatic heterocycles. The van der Waals surface area contributed by atoms with Crippen LogP contribution in [0.15, 0.2) is 52.4 Å². The second kappa shape index (κ2) is 9.15. The highest BCUT2D eigenvalue weighted by Crippen LogP contribution is 2.31. The molecule has 1 N–H and O–H groups in total. The minimum atomic E-state index is 0.0227.